The summed E-state index contributed by atoms with van der Waals surface area (Å²) >= 11 is 0. The molecule has 2 heterocycles. The van der Waals surface area contributed by atoms with Gasteiger partial charge in [-0.2, -0.15) is 5.26 Å². The van der Waals surface area contributed by atoms with Gasteiger partial charge in [0.25, 0.3) is 0 Å². The first-order chi connectivity index (χ1) is 11.7. The van der Waals surface area contributed by atoms with E-state index in [-0.39, 0.29) is 11.9 Å². The SMILES string of the molecule is CC(C(=O)N1CCCN(c2ccccc2C#N)CC1)n1ccnc1. The molecular formula is C18H21N5O. The van der Waals surface area contributed by atoms with Gasteiger partial charge in [0.1, 0.15) is 12.1 Å². The maximum atomic E-state index is 12.7. The molecule has 1 saturated heterocycles. The minimum absolute atomic E-state index is 0.114. The van der Waals surface area contributed by atoms with Gasteiger partial charge in [0.05, 0.1) is 17.6 Å². The number of hydrogen-bond acceptors (Lipinski definition) is 4. The first-order valence-corrected chi connectivity index (χ1v) is 8.21. The Balaban J connectivity index is 1.69. The molecule has 6 heteroatoms. The van der Waals surface area contributed by atoms with E-state index >= 15 is 0 Å². The number of anilines is 1. The molecule has 1 aromatic heterocycles. The van der Waals surface area contributed by atoms with E-state index in [1.165, 1.54) is 0 Å². The van der Waals surface area contributed by atoms with E-state index in [0.717, 1.165) is 31.7 Å². The van der Waals surface area contributed by atoms with Crippen molar-refractivity contribution < 1.29 is 4.79 Å². The molecule has 2 aromatic rings. The second kappa shape index (κ2) is 7.18. The van der Waals surface area contributed by atoms with Crippen molar-refractivity contribution in [1.29, 1.82) is 5.26 Å². The predicted octanol–water partition coefficient (Wildman–Crippen LogP) is 2.05. The molecule has 124 valence electrons. The van der Waals surface area contributed by atoms with Crippen molar-refractivity contribution in [2.45, 2.75) is 19.4 Å². The third-order valence-corrected chi connectivity index (χ3v) is 4.50. The summed E-state index contributed by atoms with van der Waals surface area (Å²) in [5.41, 5.74) is 1.64. The molecule has 1 unspecified atom stereocenters. The van der Waals surface area contributed by atoms with Crippen LogP contribution in [0.5, 0.6) is 0 Å². The van der Waals surface area contributed by atoms with Crippen LogP contribution in [0.3, 0.4) is 0 Å². The van der Waals surface area contributed by atoms with Gasteiger partial charge in [-0.3, -0.25) is 4.79 Å². The lowest BCUT2D eigenvalue weighted by atomic mass is 10.1. The van der Waals surface area contributed by atoms with Crippen molar-refractivity contribution in [3.8, 4) is 6.07 Å². The van der Waals surface area contributed by atoms with Gasteiger partial charge in [-0.1, -0.05) is 12.1 Å². The van der Waals surface area contributed by atoms with Gasteiger partial charge in [-0.25, -0.2) is 4.98 Å². The van der Waals surface area contributed by atoms with Crippen LogP contribution >= 0.6 is 0 Å². The van der Waals surface area contributed by atoms with Crippen molar-refractivity contribution in [2.24, 2.45) is 0 Å². The van der Waals surface area contributed by atoms with Crippen LogP contribution in [0.25, 0.3) is 0 Å². The van der Waals surface area contributed by atoms with Crippen LogP contribution in [0.2, 0.25) is 0 Å². The van der Waals surface area contributed by atoms with E-state index in [9.17, 15) is 10.1 Å². The second-order valence-electron chi connectivity index (χ2n) is 5.98. The monoisotopic (exact) mass is 323 g/mol. The van der Waals surface area contributed by atoms with Gasteiger partial charge < -0.3 is 14.4 Å². The molecule has 1 amide bonds. The van der Waals surface area contributed by atoms with E-state index in [1.807, 2.05) is 46.9 Å². The molecule has 1 atom stereocenters. The van der Waals surface area contributed by atoms with Crippen LogP contribution in [0, 0.1) is 11.3 Å². The fourth-order valence-electron chi connectivity index (χ4n) is 3.11. The summed E-state index contributed by atoms with van der Waals surface area (Å²) in [5.74, 6) is 0.114. The van der Waals surface area contributed by atoms with E-state index in [2.05, 4.69) is 16.0 Å². The lowest BCUT2D eigenvalue weighted by Gasteiger charge is -2.26. The first kappa shape index (κ1) is 16.1. The number of nitriles is 1. The van der Waals surface area contributed by atoms with Gasteiger partial charge in [0, 0.05) is 38.6 Å². The average molecular weight is 323 g/mol. The van der Waals surface area contributed by atoms with Gasteiger partial charge in [-0.05, 0) is 25.5 Å². The predicted molar refractivity (Wildman–Crippen MR) is 91.5 cm³/mol. The number of carbonyl (C=O) groups excluding carboxylic acids is 1. The molecule has 0 saturated carbocycles. The van der Waals surface area contributed by atoms with Crippen LogP contribution in [-0.2, 0) is 4.79 Å². The molecule has 0 N–H and O–H groups in total. The fourth-order valence-corrected chi connectivity index (χ4v) is 3.11. The van der Waals surface area contributed by atoms with Crippen molar-refractivity contribution in [1.82, 2.24) is 14.5 Å². The van der Waals surface area contributed by atoms with Crippen molar-refractivity contribution >= 4 is 11.6 Å². The molecule has 0 radical (unpaired) electrons. The third-order valence-electron chi connectivity index (χ3n) is 4.50. The smallest absolute Gasteiger partial charge is 0.245 e. The number of rotatable bonds is 3. The molecule has 1 aliphatic rings. The molecule has 1 aromatic carbocycles. The summed E-state index contributed by atoms with van der Waals surface area (Å²) in [6, 6.07) is 9.65. The van der Waals surface area contributed by atoms with E-state index in [4.69, 9.17) is 0 Å². The Bertz CT molecular complexity index is 734. The van der Waals surface area contributed by atoms with Crippen LogP contribution in [-0.4, -0.2) is 46.5 Å². The van der Waals surface area contributed by atoms with E-state index in [0.29, 0.717) is 12.1 Å². The zero-order valence-electron chi connectivity index (χ0n) is 13.8. The van der Waals surface area contributed by atoms with Crippen molar-refractivity contribution in [3.63, 3.8) is 0 Å². The number of imidazole rings is 1. The summed E-state index contributed by atoms with van der Waals surface area (Å²) in [7, 11) is 0. The number of carbonyl (C=O) groups is 1. The Hall–Kier alpha value is -2.81. The Morgan fingerprint density at radius 2 is 2.08 bits per heavy atom. The summed E-state index contributed by atoms with van der Waals surface area (Å²) < 4.78 is 1.83. The average Bonchev–Trinajstić information content (AvgIpc) is 3.05. The lowest BCUT2D eigenvalue weighted by Crippen LogP contribution is -2.39. The number of nitrogens with zero attached hydrogens (tertiary/aromatic N) is 5. The molecule has 0 bridgehead atoms. The summed E-state index contributed by atoms with van der Waals surface area (Å²) in [6.07, 6.45) is 6.07. The lowest BCUT2D eigenvalue weighted by molar-refractivity contribution is -0.134. The summed E-state index contributed by atoms with van der Waals surface area (Å²) in [4.78, 5) is 20.9. The number of para-hydroxylation sites is 1. The molecule has 0 aliphatic carbocycles. The minimum atomic E-state index is -0.245. The van der Waals surface area contributed by atoms with Gasteiger partial charge in [0.15, 0.2) is 0 Å². The molecule has 6 nitrogen and oxygen atoms in total. The maximum Gasteiger partial charge on any atom is 0.245 e. The number of benzene rings is 1. The highest BCUT2D eigenvalue weighted by molar-refractivity contribution is 5.80. The van der Waals surface area contributed by atoms with Crippen LogP contribution in [0.15, 0.2) is 43.0 Å². The molecule has 1 fully saturated rings. The topological polar surface area (TPSA) is 65.2 Å². The number of amides is 1. The third kappa shape index (κ3) is 3.25. The molecule has 1 aliphatic heterocycles. The Morgan fingerprint density at radius 1 is 1.25 bits per heavy atom. The first-order valence-electron chi connectivity index (χ1n) is 8.21. The van der Waals surface area contributed by atoms with E-state index < -0.39 is 0 Å². The molecule has 0 spiro atoms. The Labute approximate surface area is 141 Å². The Kier molecular flexibility index (Phi) is 4.80. The zero-order valence-corrected chi connectivity index (χ0v) is 13.8. The summed E-state index contributed by atoms with van der Waals surface area (Å²) in [5, 5.41) is 9.29. The number of aromatic nitrogens is 2. The maximum absolute atomic E-state index is 12.7. The normalized spacial score (nSPS) is 16.3. The highest BCUT2D eigenvalue weighted by Gasteiger charge is 2.24. The summed E-state index contributed by atoms with van der Waals surface area (Å²) in [6.45, 7) is 4.89. The molecule has 24 heavy (non-hydrogen) atoms. The van der Waals surface area contributed by atoms with Gasteiger partial charge in [-0.15, -0.1) is 0 Å². The highest BCUT2D eigenvalue weighted by atomic mass is 16.2. The number of hydrogen-bond donors (Lipinski definition) is 0. The van der Waals surface area contributed by atoms with Crippen molar-refractivity contribution in [2.75, 3.05) is 31.1 Å². The van der Waals surface area contributed by atoms with Gasteiger partial charge >= 0.3 is 0 Å². The zero-order chi connectivity index (χ0) is 16.9. The highest BCUT2D eigenvalue weighted by Crippen LogP contribution is 2.22. The van der Waals surface area contributed by atoms with Crippen LogP contribution in [0.4, 0.5) is 5.69 Å². The van der Waals surface area contributed by atoms with Crippen LogP contribution in [0.1, 0.15) is 24.9 Å². The minimum Gasteiger partial charge on any atom is -0.369 e. The van der Waals surface area contributed by atoms with Crippen LogP contribution < -0.4 is 4.90 Å². The quantitative estimate of drug-likeness (QED) is 0.867. The molecule has 3 rings (SSSR count). The van der Waals surface area contributed by atoms with E-state index in [1.54, 1.807) is 12.5 Å². The van der Waals surface area contributed by atoms with Crippen molar-refractivity contribution in [3.05, 3.63) is 48.5 Å². The standard InChI is InChI=1S/C18H21N5O/c1-15(23-10-7-20-14-23)18(24)22-9-4-8-21(11-12-22)17-6-3-2-5-16(17)13-19/h2-3,5-7,10,14-15H,4,8-9,11-12H2,1H3. The largest absolute Gasteiger partial charge is 0.369 e. The fraction of sp³-hybridized carbons (Fsp3) is 0.389. The van der Waals surface area contributed by atoms with Gasteiger partial charge in [0.2, 0.25) is 5.91 Å². The Morgan fingerprint density at radius 3 is 2.83 bits per heavy atom. The second-order valence-corrected chi connectivity index (χ2v) is 5.98. The molecular weight excluding hydrogens is 302 g/mol.